The van der Waals surface area contributed by atoms with E-state index in [1.807, 2.05) is 13.8 Å². The Morgan fingerprint density at radius 2 is 2.22 bits per heavy atom. The Morgan fingerprint density at radius 1 is 1.56 bits per heavy atom. The van der Waals surface area contributed by atoms with Crippen molar-refractivity contribution in [2.24, 2.45) is 0 Å². The summed E-state index contributed by atoms with van der Waals surface area (Å²) in [7, 11) is 0. The van der Waals surface area contributed by atoms with Gasteiger partial charge in [-0.1, -0.05) is 12.2 Å². The second-order valence-electron chi connectivity index (χ2n) is 2.07. The van der Waals surface area contributed by atoms with Crippen molar-refractivity contribution in [1.29, 1.82) is 0 Å². The fraction of sp³-hybridized carbons (Fsp3) is 0.750. The molecule has 0 aromatic rings. The van der Waals surface area contributed by atoms with E-state index in [0.717, 1.165) is 13.0 Å². The van der Waals surface area contributed by atoms with Crippen LogP contribution in [0.1, 0.15) is 27.2 Å². The Morgan fingerprint density at radius 3 is 2.67 bits per heavy atom. The molecule has 0 saturated carbocycles. The molecule has 1 atom stereocenters. The molecule has 9 heavy (non-hydrogen) atoms. The fourth-order valence-corrected chi connectivity index (χ4v) is 0.680. The van der Waals surface area contributed by atoms with Crippen LogP contribution in [0, 0.1) is 0 Å². The average Bonchev–Trinajstić information content (AvgIpc) is 1.85. The number of rotatable bonds is 4. The first-order chi connectivity index (χ1) is 4.31. The van der Waals surface area contributed by atoms with Crippen LogP contribution in [-0.2, 0) is 4.74 Å². The highest BCUT2D eigenvalue weighted by molar-refractivity contribution is 4.78. The smallest absolute Gasteiger partial charge is 0.0581 e. The maximum absolute atomic E-state index is 5.29. The molecule has 1 nitrogen and oxygen atoms in total. The van der Waals surface area contributed by atoms with E-state index >= 15 is 0 Å². The van der Waals surface area contributed by atoms with Crippen molar-refractivity contribution < 1.29 is 4.74 Å². The molecule has 0 spiro atoms. The number of hydrogen-bond donors (Lipinski definition) is 0. The second kappa shape index (κ2) is 5.83. The van der Waals surface area contributed by atoms with Gasteiger partial charge in [0.05, 0.1) is 6.10 Å². The average molecular weight is 128 g/mol. The summed E-state index contributed by atoms with van der Waals surface area (Å²) < 4.78 is 5.29. The minimum Gasteiger partial charge on any atom is -0.378 e. The molecule has 0 radical (unpaired) electrons. The molecule has 0 fully saturated rings. The fourth-order valence-electron chi connectivity index (χ4n) is 0.680. The van der Waals surface area contributed by atoms with E-state index in [2.05, 4.69) is 19.1 Å². The maximum Gasteiger partial charge on any atom is 0.0581 e. The Labute approximate surface area is 57.7 Å². The van der Waals surface area contributed by atoms with Gasteiger partial charge in [-0.15, -0.1) is 0 Å². The third-order valence-corrected chi connectivity index (χ3v) is 1.15. The lowest BCUT2D eigenvalue weighted by molar-refractivity contribution is 0.0787. The van der Waals surface area contributed by atoms with Crippen molar-refractivity contribution in [3.63, 3.8) is 0 Å². The zero-order valence-electron chi connectivity index (χ0n) is 6.55. The molecule has 0 aliphatic heterocycles. The molecule has 0 aromatic heterocycles. The van der Waals surface area contributed by atoms with Gasteiger partial charge >= 0.3 is 0 Å². The zero-order valence-corrected chi connectivity index (χ0v) is 6.55. The quantitative estimate of drug-likeness (QED) is 0.528. The third-order valence-electron chi connectivity index (χ3n) is 1.15. The van der Waals surface area contributed by atoms with Gasteiger partial charge in [0, 0.05) is 6.61 Å². The summed E-state index contributed by atoms with van der Waals surface area (Å²) in [4.78, 5) is 0. The minimum atomic E-state index is 0.381. The Hall–Kier alpha value is -0.300. The molecule has 0 aromatic carbocycles. The van der Waals surface area contributed by atoms with Crippen LogP contribution in [0.3, 0.4) is 0 Å². The van der Waals surface area contributed by atoms with Crippen molar-refractivity contribution in [1.82, 2.24) is 0 Å². The molecular formula is C8H16O. The Balaban J connectivity index is 3.15. The van der Waals surface area contributed by atoms with Crippen LogP contribution < -0.4 is 0 Å². The van der Waals surface area contributed by atoms with E-state index in [0.29, 0.717) is 6.10 Å². The summed E-state index contributed by atoms with van der Waals surface area (Å²) in [5, 5.41) is 0. The van der Waals surface area contributed by atoms with E-state index in [-0.39, 0.29) is 0 Å². The summed E-state index contributed by atoms with van der Waals surface area (Å²) in [6.07, 6.45) is 5.59. The third kappa shape index (κ3) is 5.57. The minimum absolute atomic E-state index is 0.381. The van der Waals surface area contributed by atoms with Gasteiger partial charge in [-0.2, -0.15) is 0 Å². The first kappa shape index (κ1) is 8.70. The number of hydrogen-bond acceptors (Lipinski definition) is 1. The molecule has 0 saturated heterocycles. The standard InChI is InChI=1S/C8H16O/c1-4-6-7-8(3)9-5-2/h4,6,8H,5,7H2,1-3H3. The predicted molar refractivity (Wildman–Crippen MR) is 40.5 cm³/mol. The van der Waals surface area contributed by atoms with E-state index in [1.165, 1.54) is 0 Å². The highest BCUT2D eigenvalue weighted by Crippen LogP contribution is 1.96. The van der Waals surface area contributed by atoms with E-state index in [4.69, 9.17) is 4.74 Å². The van der Waals surface area contributed by atoms with Gasteiger partial charge in [-0.3, -0.25) is 0 Å². The lowest BCUT2D eigenvalue weighted by Gasteiger charge is -2.06. The summed E-state index contributed by atoms with van der Waals surface area (Å²) in [6.45, 7) is 6.95. The highest BCUT2D eigenvalue weighted by Gasteiger charge is 1.94. The summed E-state index contributed by atoms with van der Waals surface area (Å²) in [5.41, 5.74) is 0. The van der Waals surface area contributed by atoms with E-state index in [9.17, 15) is 0 Å². The first-order valence-corrected chi connectivity index (χ1v) is 3.54. The van der Waals surface area contributed by atoms with Gasteiger partial charge in [-0.25, -0.2) is 0 Å². The Kier molecular flexibility index (Phi) is 5.64. The topological polar surface area (TPSA) is 9.23 Å². The van der Waals surface area contributed by atoms with E-state index in [1.54, 1.807) is 0 Å². The van der Waals surface area contributed by atoms with Crippen LogP contribution in [0.4, 0.5) is 0 Å². The van der Waals surface area contributed by atoms with Crippen LogP contribution in [0.5, 0.6) is 0 Å². The van der Waals surface area contributed by atoms with Crippen molar-refractivity contribution in [2.75, 3.05) is 6.61 Å². The molecule has 0 N–H and O–H groups in total. The van der Waals surface area contributed by atoms with Crippen LogP contribution in [0.15, 0.2) is 12.2 Å². The molecule has 1 heteroatoms. The van der Waals surface area contributed by atoms with Gasteiger partial charge in [0.1, 0.15) is 0 Å². The van der Waals surface area contributed by atoms with Crippen LogP contribution in [0.2, 0.25) is 0 Å². The molecule has 0 bridgehead atoms. The molecular weight excluding hydrogens is 112 g/mol. The lowest BCUT2D eigenvalue weighted by Crippen LogP contribution is -2.05. The molecule has 0 aliphatic carbocycles. The van der Waals surface area contributed by atoms with Crippen molar-refractivity contribution in [3.8, 4) is 0 Å². The van der Waals surface area contributed by atoms with Crippen molar-refractivity contribution >= 4 is 0 Å². The van der Waals surface area contributed by atoms with Gasteiger partial charge < -0.3 is 4.74 Å². The summed E-state index contributed by atoms with van der Waals surface area (Å²) >= 11 is 0. The summed E-state index contributed by atoms with van der Waals surface area (Å²) in [6, 6.07) is 0. The van der Waals surface area contributed by atoms with Gasteiger partial charge in [0.2, 0.25) is 0 Å². The lowest BCUT2D eigenvalue weighted by atomic mass is 10.3. The summed E-state index contributed by atoms with van der Waals surface area (Å²) in [5.74, 6) is 0. The number of allylic oxidation sites excluding steroid dienone is 1. The molecule has 0 heterocycles. The van der Waals surface area contributed by atoms with Gasteiger partial charge in [0.15, 0.2) is 0 Å². The van der Waals surface area contributed by atoms with Crippen LogP contribution in [0.25, 0.3) is 0 Å². The maximum atomic E-state index is 5.29. The van der Waals surface area contributed by atoms with Crippen LogP contribution >= 0.6 is 0 Å². The SMILES string of the molecule is CC=CCC(C)OCC. The monoisotopic (exact) mass is 128 g/mol. The number of ether oxygens (including phenoxy) is 1. The molecule has 0 amide bonds. The Bertz CT molecular complexity index is 76.6. The molecule has 54 valence electrons. The largest absolute Gasteiger partial charge is 0.378 e. The van der Waals surface area contributed by atoms with Crippen molar-refractivity contribution in [3.05, 3.63) is 12.2 Å². The van der Waals surface area contributed by atoms with Gasteiger partial charge in [-0.05, 0) is 27.2 Å². The molecule has 0 aliphatic rings. The predicted octanol–water partition coefficient (Wildman–Crippen LogP) is 2.38. The zero-order chi connectivity index (χ0) is 7.11. The normalized spacial score (nSPS) is 14.6. The van der Waals surface area contributed by atoms with Crippen LogP contribution in [-0.4, -0.2) is 12.7 Å². The van der Waals surface area contributed by atoms with Crippen molar-refractivity contribution in [2.45, 2.75) is 33.3 Å². The molecule has 1 unspecified atom stereocenters. The second-order valence-corrected chi connectivity index (χ2v) is 2.07. The highest BCUT2D eigenvalue weighted by atomic mass is 16.5. The molecule has 0 rings (SSSR count). The van der Waals surface area contributed by atoms with Gasteiger partial charge in [0.25, 0.3) is 0 Å². The van der Waals surface area contributed by atoms with E-state index < -0.39 is 0 Å². The first-order valence-electron chi connectivity index (χ1n) is 3.54.